The maximum atomic E-state index is 11.9. The van der Waals surface area contributed by atoms with Gasteiger partial charge >= 0.3 is 0 Å². The smallest absolute Gasteiger partial charge is 0.234 e. The van der Waals surface area contributed by atoms with Crippen LogP contribution in [0.2, 0.25) is 0 Å². The van der Waals surface area contributed by atoms with E-state index in [1.165, 1.54) is 0 Å². The van der Waals surface area contributed by atoms with E-state index in [2.05, 4.69) is 5.32 Å². The number of aliphatic hydroxyl groups excluding tert-OH is 1. The first kappa shape index (κ1) is 16.7. The van der Waals surface area contributed by atoms with E-state index in [4.69, 9.17) is 58.0 Å². The number of rotatable bonds is 3. The second kappa shape index (κ2) is 5.55. The Morgan fingerprint density at radius 3 is 2.28 bits per heavy atom. The molecule has 0 spiro atoms. The van der Waals surface area contributed by atoms with Crippen LogP contribution in [-0.4, -0.2) is 21.0 Å². The molecule has 1 aliphatic carbocycles. The van der Waals surface area contributed by atoms with Gasteiger partial charge in [0.15, 0.2) is 6.23 Å². The lowest BCUT2D eigenvalue weighted by Crippen LogP contribution is -2.44. The molecule has 0 aromatic heterocycles. The number of carbonyl (C=O) groups is 1. The van der Waals surface area contributed by atoms with Crippen LogP contribution < -0.4 is 5.32 Å². The van der Waals surface area contributed by atoms with Gasteiger partial charge in [-0.3, -0.25) is 4.79 Å². The summed E-state index contributed by atoms with van der Waals surface area (Å²) in [5.74, 6) is -0.883. The highest BCUT2D eigenvalue weighted by Crippen LogP contribution is 2.59. The fourth-order valence-electron chi connectivity index (χ4n) is 1.93. The molecule has 1 rings (SSSR count). The molecule has 0 heterocycles. The van der Waals surface area contributed by atoms with Crippen molar-refractivity contribution in [1.29, 1.82) is 0 Å². The quantitative estimate of drug-likeness (QED) is 0.602. The Morgan fingerprint density at radius 2 is 1.89 bits per heavy atom. The summed E-state index contributed by atoms with van der Waals surface area (Å²) in [6.45, 7) is 3.77. The van der Waals surface area contributed by atoms with Gasteiger partial charge in [0.25, 0.3) is 0 Å². The predicted octanol–water partition coefficient (Wildman–Crippen LogP) is 3.38. The molecular formula is C10H12Cl5NO2. The summed E-state index contributed by atoms with van der Waals surface area (Å²) in [6.07, 6.45) is 0.0252. The predicted molar refractivity (Wildman–Crippen MR) is 75.0 cm³/mol. The molecule has 104 valence electrons. The Bertz CT molecular complexity index is 373. The maximum Gasteiger partial charge on any atom is 0.234 e. The van der Waals surface area contributed by atoms with E-state index in [1.54, 1.807) is 6.08 Å². The molecule has 0 saturated heterocycles. The highest BCUT2D eigenvalue weighted by Gasteiger charge is 2.61. The van der Waals surface area contributed by atoms with E-state index in [1.807, 2.05) is 13.8 Å². The van der Waals surface area contributed by atoms with Crippen LogP contribution in [0.1, 0.15) is 13.8 Å². The van der Waals surface area contributed by atoms with E-state index in [0.717, 1.165) is 0 Å². The topological polar surface area (TPSA) is 49.3 Å². The van der Waals surface area contributed by atoms with Crippen LogP contribution in [0.3, 0.4) is 0 Å². The van der Waals surface area contributed by atoms with Gasteiger partial charge in [-0.2, -0.15) is 0 Å². The summed E-state index contributed by atoms with van der Waals surface area (Å²) in [4.78, 5) is 11.9. The molecule has 0 aromatic carbocycles. The Kier molecular flexibility index (Phi) is 5.14. The Hall–Kier alpha value is 0.620. The van der Waals surface area contributed by atoms with Gasteiger partial charge < -0.3 is 10.4 Å². The lowest BCUT2D eigenvalue weighted by Gasteiger charge is -2.20. The van der Waals surface area contributed by atoms with E-state index in [-0.39, 0.29) is 21.7 Å². The molecule has 3 nitrogen and oxygen atoms in total. The van der Waals surface area contributed by atoms with Crippen molar-refractivity contribution in [1.82, 2.24) is 5.32 Å². The van der Waals surface area contributed by atoms with Gasteiger partial charge in [0.05, 0.1) is 5.92 Å². The Balaban J connectivity index is 2.68. The molecule has 0 aliphatic heterocycles. The lowest BCUT2D eigenvalue weighted by molar-refractivity contribution is -0.126. The second-order valence-corrected chi connectivity index (χ2v) is 8.11. The highest BCUT2D eigenvalue weighted by atomic mass is 35.6. The van der Waals surface area contributed by atoms with Crippen LogP contribution in [0.4, 0.5) is 0 Å². The minimum absolute atomic E-state index is 0.102. The van der Waals surface area contributed by atoms with Crippen molar-refractivity contribution in [2.45, 2.75) is 23.9 Å². The van der Waals surface area contributed by atoms with Crippen molar-refractivity contribution >= 4 is 63.9 Å². The number of amides is 1. The molecule has 18 heavy (non-hydrogen) atoms. The largest absolute Gasteiger partial charge is 0.369 e. The number of halogens is 5. The van der Waals surface area contributed by atoms with Crippen molar-refractivity contribution in [3.05, 3.63) is 10.6 Å². The van der Waals surface area contributed by atoms with E-state index in [9.17, 15) is 9.90 Å². The molecule has 0 radical (unpaired) electrons. The zero-order valence-corrected chi connectivity index (χ0v) is 13.3. The van der Waals surface area contributed by atoms with Gasteiger partial charge in [0, 0.05) is 0 Å². The molecule has 0 unspecified atom stereocenters. The van der Waals surface area contributed by atoms with Crippen molar-refractivity contribution in [3.63, 3.8) is 0 Å². The van der Waals surface area contributed by atoms with Crippen LogP contribution in [0.25, 0.3) is 0 Å². The summed E-state index contributed by atoms with van der Waals surface area (Å²) in [6, 6.07) is 0. The molecule has 1 aliphatic rings. The third-order valence-corrected chi connectivity index (χ3v) is 3.96. The van der Waals surface area contributed by atoms with Crippen molar-refractivity contribution in [3.8, 4) is 0 Å². The van der Waals surface area contributed by atoms with Gasteiger partial charge in [-0.05, 0) is 17.4 Å². The zero-order valence-electron chi connectivity index (χ0n) is 9.55. The van der Waals surface area contributed by atoms with E-state index < -0.39 is 15.9 Å². The van der Waals surface area contributed by atoms with Gasteiger partial charge in [-0.15, -0.1) is 0 Å². The zero-order chi connectivity index (χ0) is 14.3. The van der Waals surface area contributed by atoms with Gasteiger partial charge in [0.2, 0.25) is 9.70 Å². The van der Waals surface area contributed by atoms with Crippen LogP contribution >= 0.6 is 58.0 Å². The maximum absolute atomic E-state index is 11.9. The minimum atomic E-state index is -1.97. The van der Waals surface area contributed by atoms with Crippen LogP contribution in [0, 0.1) is 17.3 Å². The molecular weight excluding hydrogens is 343 g/mol. The van der Waals surface area contributed by atoms with Gasteiger partial charge in [-0.1, -0.05) is 71.9 Å². The number of allylic oxidation sites excluding steroid dienone is 1. The molecule has 2 N–H and O–H groups in total. The van der Waals surface area contributed by atoms with Crippen LogP contribution in [0.5, 0.6) is 0 Å². The molecule has 3 atom stereocenters. The number of aliphatic hydroxyl groups is 1. The average molecular weight is 355 g/mol. The minimum Gasteiger partial charge on any atom is -0.369 e. The Labute approximate surface area is 130 Å². The number of nitrogens with one attached hydrogen (secondary N) is 1. The number of alkyl halides is 3. The normalized spacial score (nSPS) is 27.3. The van der Waals surface area contributed by atoms with Crippen LogP contribution in [0.15, 0.2) is 10.6 Å². The molecule has 0 aromatic rings. The third kappa shape index (κ3) is 3.81. The molecule has 0 bridgehead atoms. The molecule has 1 amide bonds. The van der Waals surface area contributed by atoms with Gasteiger partial charge in [-0.25, -0.2) is 0 Å². The summed E-state index contributed by atoms with van der Waals surface area (Å²) in [5, 5.41) is 11.7. The first-order valence-electron chi connectivity index (χ1n) is 5.06. The Morgan fingerprint density at radius 1 is 1.39 bits per heavy atom. The van der Waals surface area contributed by atoms with Crippen LogP contribution in [-0.2, 0) is 4.79 Å². The van der Waals surface area contributed by atoms with Gasteiger partial charge in [0.1, 0.15) is 4.49 Å². The third-order valence-electron chi connectivity index (χ3n) is 3.09. The van der Waals surface area contributed by atoms with Crippen molar-refractivity contribution < 1.29 is 9.90 Å². The second-order valence-electron chi connectivity index (χ2n) is 4.73. The molecule has 1 saturated carbocycles. The number of hydrogen-bond acceptors (Lipinski definition) is 2. The summed E-state index contributed by atoms with van der Waals surface area (Å²) in [7, 11) is 0. The average Bonchev–Trinajstić information content (AvgIpc) is 2.64. The monoisotopic (exact) mass is 353 g/mol. The van der Waals surface area contributed by atoms with Crippen molar-refractivity contribution in [2.24, 2.45) is 17.3 Å². The fourth-order valence-corrected chi connectivity index (χ4v) is 2.37. The van der Waals surface area contributed by atoms with Crippen molar-refractivity contribution in [2.75, 3.05) is 0 Å². The summed E-state index contributed by atoms with van der Waals surface area (Å²) >= 11 is 27.5. The number of carbonyl (C=O) groups excluding carboxylic acids is 1. The summed E-state index contributed by atoms with van der Waals surface area (Å²) < 4.78 is -1.87. The first-order valence-corrected chi connectivity index (χ1v) is 6.95. The summed E-state index contributed by atoms with van der Waals surface area (Å²) in [5.41, 5.74) is -0.299. The number of hydrogen-bond donors (Lipinski definition) is 2. The molecule has 8 heteroatoms. The fraction of sp³-hybridized carbons (Fsp3) is 0.700. The van der Waals surface area contributed by atoms with E-state index >= 15 is 0 Å². The lowest BCUT2D eigenvalue weighted by atomic mass is 10.1. The molecule has 1 fully saturated rings. The highest BCUT2D eigenvalue weighted by molar-refractivity contribution is 6.68. The standard InChI is InChI=1S/C10H12Cl5NO2/c1-9(2)4(3-5(11)12)6(9)7(17)16-8(18)10(13,14)15/h3-4,6,8,18H,1-2H3,(H,16,17)/t4-,6-,8+/m1/s1. The SMILES string of the molecule is CC1(C)[C@H](C=C(Cl)Cl)[C@@H]1C(=O)N[C@@H](O)C(Cl)(Cl)Cl. The van der Waals surface area contributed by atoms with E-state index in [0.29, 0.717) is 0 Å². The first-order chi connectivity index (χ1) is 7.98.